The number of hydrogen-bond acceptors (Lipinski definition) is 5. The van der Waals surface area contributed by atoms with Crippen LogP contribution in [0, 0.1) is 0 Å². The molecule has 5 rings (SSSR count). The average molecular weight is 559 g/mol. The van der Waals surface area contributed by atoms with Crippen LogP contribution in [0.15, 0.2) is 35.3 Å². The van der Waals surface area contributed by atoms with Gasteiger partial charge in [-0.3, -0.25) is 4.79 Å². The van der Waals surface area contributed by atoms with Gasteiger partial charge in [-0.25, -0.2) is 4.68 Å². The minimum Gasteiger partial charge on any atom is -0.385 e. The minimum absolute atomic E-state index is 0.180. The van der Waals surface area contributed by atoms with E-state index in [1.165, 1.54) is 50.7 Å². The first kappa shape index (κ1) is 32.0. The van der Waals surface area contributed by atoms with E-state index in [0.29, 0.717) is 11.7 Å². The molecule has 2 aliphatic carbocycles. The van der Waals surface area contributed by atoms with E-state index in [9.17, 15) is 18.0 Å². The molecular formula is C28H42ClF3N4O2. The summed E-state index contributed by atoms with van der Waals surface area (Å²) < 4.78 is 43.1. The van der Waals surface area contributed by atoms with E-state index in [1.807, 2.05) is 13.8 Å². The maximum absolute atomic E-state index is 12.2. The zero-order valence-corrected chi connectivity index (χ0v) is 23.5. The van der Waals surface area contributed by atoms with E-state index in [-0.39, 0.29) is 16.6 Å². The Morgan fingerprint density at radius 3 is 1.97 bits per heavy atom. The fourth-order valence-electron chi connectivity index (χ4n) is 4.11. The van der Waals surface area contributed by atoms with Crippen molar-refractivity contribution in [1.82, 2.24) is 9.78 Å². The Kier molecular flexibility index (Phi) is 14.0. The molecule has 0 unspecified atom stereocenters. The maximum Gasteiger partial charge on any atom is 0.416 e. The molecule has 214 valence electrons. The van der Waals surface area contributed by atoms with Crippen LogP contribution in [0.1, 0.15) is 89.7 Å². The average Bonchev–Trinajstić information content (AvgIpc) is 3.77. The standard InChI is InChI=1S/C11H16ClN3O.C10H10F3N.C5H10O.C2H6/c1-13-9-7-14-15(11(16)10(9)12)8-5-3-2-4-6-8;11-10(12,13)7-1-3-8(4-2-7)14-9-5-6-9;1-2-4-6-5-3-1;1-2/h7-8,13H,2-6H2,1H3;1-4,9,14H,5-6H2;1-5H2;1-2H3. The van der Waals surface area contributed by atoms with Gasteiger partial charge in [-0.1, -0.05) is 44.7 Å². The third-order valence-electron chi connectivity index (χ3n) is 6.37. The number of alkyl halides is 3. The van der Waals surface area contributed by atoms with Gasteiger partial charge in [0, 0.05) is 32.0 Å². The molecule has 3 fully saturated rings. The molecule has 10 heteroatoms. The Bertz CT molecular complexity index is 974. The van der Waals surface area contributed by atoms with Gasteiger partial charge in [0.15, 0.2) is 0 Å². The highest BCUT2D eigenvalue weighted by molar-refractivity contribution is 6.32. The molecule has 1 aliphatic heterocycles. The van der Waals surface area contributed by atoms with Crippen molar-refractivity contribution < 1.29 is 17.9 Å². The van der Waals surface area contributed by atoms with Crippen molar-refractivity contribution in [1.29, 1.82) is 0 Å². The number of anilines is 2. The first-order valence-corrected chi connectivity index (χ1v) is 14.1. The zero-order valence-electron chi connectivity index (χ0n) is 22.7. The monoisotopic (exact) mass is 558 g/mol. The molecule has 2 heterocycles. The van der Waals surface area contributed by atoms with Crippen LogP contribution in [0.3, 0.4) is 0 Å². The van der Waals surface area contributed by atoms with Gasteiger partial charge in [0.2, 0.25) is 0 Å². The third kappa shape index (κ3) is 10.8. The first-order chi connectivity index (χ1) is 18.3. The van der Waals surface area contributed by atoms with Crippen molar-refractivity contribution in [3.8, 4) is 0 Å². The Labute approximate surface area is 229 Å². The molecule has 1 saturated heterocycles. The van der Waals surface area contributed by atoms with Crippen molar-refractivity contribution >= 4 is 23.0 Å². The third-order valence-corrected chi connectivity index (χ3v) is 6.74. The fourth-order valence-corrected chi connectivity index (χ4v) is 4.34. The molecule has 6 nitrogen and oxygen atoms in total. The fraction of sp³-hybridized carbons (Fsp3) is 0.643. The summed E-state index contributed by atoms with van der Waals surface area (Å²) in [5.74, 6) is 0. The highest BCUT2D eigenvalue weighted by Gasteiger charge is 2.30. The topological polar surface area (TPSA) is 68.2 Å². The number of halogens is 4. The van der Waals surface area contributed by atoms with Gasteiger partial charge in [-0.15, -0.1) is 0 Å². The van der Waals surface area contributed by atoms with Gasteiger partial charge in [0.1, 0.15) is 5.02 Å². The van der Waals surface area contributed by atoms with Gasteiger partial charge in [-0.05, 0) is 69.2 Å². The number of hydrogen-bond donors (Lipinski definition) is 2. The van der Waals surface area contributed by atoms with E-state index >= 15 is 0 Å². The van der Waals surface area contributed by atoms with Crippen LogP contribution < -0.4 is 16.2 Å². The summed E-state index contributed by atoms with van der Waals surface area (Å²) >= 11 is 5.98. The molecule has 0 atom stereocenters. The van der Waals surface area contributed by atoms with Crippen LogP contribution in [0.5, 0.6) is 0 Å². The highest BCUT2D eigenvalue weighted by Crippen LogP contribution is 2.31. The number of rotatable bonds is 4. The summed E-state index contributed by atoms with van der Waals surface area (Å²) in [7, 11) is 1.73. The lowest BCUT2D eigenvalue weighted by Gasteiger charge is -2.22. The predicted octanol–water partition coefficient (Wildman–Crippen LogP) is 7.94. The maximum atomic E-state index is 12.2. The largest absolute Gasteiger partial charge is 0.416 e. The molecule has 38 heavy (non-hydrogen) atoms. The number of nitrogens with zero attached hydrogens (tertiary/aromatic N) is 2. The van der Waals surface area contributed by atoms with Crippen LogP contribution in [-0.4, -0.2) is 36.1 Å². The van der Waals surface area contributed by atoms with Gasteiger partial charge in [0.05, 0.1) is 23.5 Å². The quantitative estimate of drug-likeness (QED) is 0.399. The molecule has 1 aromatic carbocycles. The number of benzene rings is 1. The van der Waals surface area contributed by atoms with Crippen LogP contribution in [0.4, 0.5) is 24.5 Å². The van der Waals surface area contributed by atoms with E-state index in [0.717, 1.165) is 56.7 Å². The summed E-state index contributed by atoms with van der Waals surface area (Å²) in [6.45, 7) is 6.00. The number of ether oxygens (including phenoxy) is 1. The smallest absolute Gasteiger partial charge is 0.385 e. The summed E-state index contributed by atoms with van der Waals surface area (Å²) in [4.78, 5) is 12.0. The van der Waals surface area contributed by atoms with Gasteiger partial charge in [0.25, 0.3) is 5.56 Å². The van der Waals surface area contributed by atoms with Gasteiger partial charge in [-0.2, -0.15) is 18.3 Å². The molecule has 2 N–H and O–H groups in total. The van der Waals surface area contributed by atoms with E-state index in [4.69, 9.17) is 16.3 Å². The lowest BCUT2D eigenvalue weighted by Crippen LogP contribution is -2.29. The van der Waals surface area contributed by atoms with Crippen molar-refractivity contribution in [2.75, 3.05) is 30.9 Å². The van der Waals surface area contributed by atoms with Crippen LogP contribution in [0.2, 0.25) is 5.02 Å². The van der Waals surface area contributed by atoms with Crippen LogP contribution in [0.25, 0.3) is 0 Å². The molecule has 2 saturated carbocycles. The Balaban J connectivity index is 0.000000210. The van der Waals surface area contributed by atoms with E-state index in [1.54, 1.807) is 17.9 Å². The molecule has 3 aliphatic rings. The normalized spacial score (nSPS) is 17.4. The summed E-state index contributed by atoms with van der Waals surface area (Å²) in [6.07, 6.45) is 9.20. The molecule has 0 bridgehead atoms. The highest BCUT2D eigenvalue weighted by atomic mass is 35.5. The second-order valence-corrected chi connectivity index (χ2v) is 9.71. The molecule has 0 radical (unpaired) electrons. The Morgan fingerprint density at radius 1 is 0.947 bits per heavy atom. The Hall–Kier alpha value is -2.26. The van der Waals surface area contributed by atoms with E-state index < -0.39 is 11.7 Å². The van der Waals surface area contributed by atoms with E-state index in [2.05, 4.69) is 15.7 Å². The first-order valence-electron chi connectivity index (χ1n) is 13.8. The number of aromatic nitrogens is 2. The van der Waals surface area contributed by atoms with Crippen molar-refractivity contribution in [2.45, 2.75) is 96.3 Å². The van der Waals surface area contributed by atoms with Gasteiger partial charge < -0.3 is 15.4 Å². The molecular weight excluding hydrogens is 517 g/mol. The summed E-state index contributed by atoms with van der Waals surface area (Å²) in [6, 6.07) is 5.84. The van der Waals surface area contributed by atoms with Crippen LogP contribution >= 0.6 is 11.6 Å². The second kappa shape index (κ2) is 16.6. The Morgan fingerprint density at radius 2 is 1.53 bits per heavy atom. The second-order valence-electron chi connectivity index (χ2n) is 9.33. The molecule has 2 aromatic rings. The minimum atomic E-state index is -4.24. The van der Waals surface area contributed by atoms with Crippen molar-refractivity contribution in [2.24, 2.45) is 0 Å². The lowest BCUT2D eigenvalue weighted by molar-refractivity contribution is -0.137. The molecule has 0 amide bonds. The summed E-state index contributed by atoms with van der Waals surface area (Å²) in [5, 5.41) is 10.4. The van der Waals surface area contributed by atoms with Gasteiger partial charge >= 0.3 is 6.18 Å². The zero-order chi connectivity index (χ0) is 28.0. The van der Waals surface area contributed by atoms with Crippen molar-refractivity contribution in [3.05, 3.63) is 51.4 Å². The van der Waals surface area contributed by atoms with Crippen LogP contribution in [-0.2, 0) is 10.9 Å². The summed E-state index contributed by atoms with van der Waals surface area (Å²) in [5.41, 5.74) is 0.582. The molecule has 0 spiro atoms. The SMILES string of the molecule is C1CCOCC1.CC.CNc1cnn(C2CCCCC2)c(=O)c1Cl.FC(F)(F)c1ccc(NC2CC2)cc1. The lowest BCUT2D eigenvalue weighted by atomic mass is 9.96. The molecule has 1 aromatic heterocycles. The predicted molar refractivity (Wildman–Crippen MR) is 149 cm³/mol. The number of nitrogens with one attached hydrogen (secondary N) is 2. The van der Waals surface area contributed by atoms with Crippen molar-refractivity contribution in [3.63, 3.8) is 0 Å².